The van der Waals surface area contributed by atoms with Crippen LogP contribution in [0.25, 0.3) is 0 Å². The average Bonchev–Trinajstić information content (AvgIpc) is 2.92. The molecule has 0 atom stereocenters. The van der Waals surface area contributed by atoms with E-state index in [1.54, 1.807) is 13.0 Å². The molecular formula is C14H13N3O4. The van der Waals surface area contributed by atoms with Gasteiger partial charge in [0.15, 0.2) is 11.5 Å². The molecule has 0 saturated carbocycles. The van der Waals surface area contributed by atoms with Gasteiger partial charge in [0.2, 0.25) is 12.6 Å². The van der Waals surface area contributed by atoms with Gasteiger partial charge in [-0.2, -0.15) is 0 Å². The van der Waals surface area contributed by atoms with Crippen molar-refractivity contribution in [2.75, 3.05) is 12.1 Å². The van der Waals surface area contributed by atoms with Gasteiger partial charge in [0, 0.05) is 18.3 Å². The van der Waals surface area contributed by atoms with Gasteiger partial charge in [0.25, 0.3) is 0 Å². The second kappa shape index (κ2) is 5.28. The summed E-state index contributed by atoms with van der Waals surface area (Å²) < 4.78 is 10.5. The van der Waals surface area contributed by atoms with E-state index in [2.05, 4.69) is 10.3 Å². The van der Waals surface area contributed by atoms with Gasteiger partial charge in [-0.3, -0.25) is 10.1 Å². The van der Waals surface area contributed by atoms with E-state index in [9.17, 15) is 10.1 Å². The monoisotopic (exact) mass is 287 g/mol. The van der Waals surface area contributed by atoms with Crippen molar-refractivity contribution in [1.29, 1.82) is 0 Å². The highest BCUT2D eigenvalue weighted by molar-refractivity contribution is 5.56. The molecular weight excluding hydrogens is 274 g/mol. The summed E-state index contributed by atoms with van der Waals surface area (Å²) in [5.74, 6) is 1.65. The van der Waals surface area contributed by atoms with Crippen molar-refractivity contribution in [3.8, 4) is 11.5 Å². The van der Waals surface area contributed by atoms with E-state index >= 15 is 0 Å². The van der Waals surface area contributed by atoms with Crippen LogP contribution >= 0.6 is 0 Å². The van der Waals surface area contributed by atoms with E-state index in [0.29, 0.717) is 23.7 Å². The second-order valence-electron chi connectivity index (χ2n) is 4.62. The number of nitrogens with one attached hydrogen (secondary N) is 1. The smallest absolute Gasteiger partial charge is 0.311 e. The fourth-order valence-corrected chi connectivity index (χ4v) is 2.06. The van der Waals surface area contributed by atoms with Crippen LogP contribution in [0.1, 0.15) is 11.3 Å². The van der Waals surface area contributed by atoms with Crippen LogP contribution in [0.15, 0.2) is 30.3 Å². The van der Waals surface area contributed by atoms with Crippen LogP contribution < -0.4 is 14.8 Å². The van der Waals surface area contributed by atoms with Crippen LogP contribution in [-0.2, 0) is 6.54 Å². The first-order valence-electron chi connectivity index (χ1n) is 6.38. The van der Waals surface area contributed by atoms with Crippen LogP contribution in [0, 0.1) is 17.0 Å². The first-order chi connectivity index (χ1) is 10.1. The van der Waals surface area contributed by atoms with E-state index in [1.165, 1.54) is 6.07 Å². The van der Waals surface area contributed by atoms with Crippen molar-refractivity contribution in [3.63, 3.8) is 0 Å². The lowest BCUT2D eigenvalue weighted by atomic mass is 10.2. The summed E-state index contributed by atoms with van der Waals surface area (Å²) in [5.41, 5.74) is 1.60. The van der Waals surface area contributed by atoms with E-state index in [1.807, 2.05) is 18.2 Å². The molecule has 1 N–H and O–H groups in total. The number of aromatic nitrogens is 1. The highest BCUT2D eigenvalue weighted by atomic mass is 16.7. The summed E-state index contributed by atoms with van der Waals surface area (Å²) in [5, 5.41) is 14.0. The summed E-state index contributed by atoms with van der Waals surface area (Å²) in [6, 6.07) is 8.60. The maximum absolute atomic E-state index is 11.0. The molecule has 0 fully saturated rings. The molecule has 7 nitrogen and oxygen atoms in total. The predicted octanol–water partition coefficient (Wildman–Crippen LogP) is 2.64. The topological polar surface area (TPSA) is 86.5 Å². The molecule has 0 amide bonds. The van der Waals surface area contributed by atoms with Crippen LogP contribution in [-0.4, -0.2) is 16.7 Å². The molecule has 1 aliphatic rings. The van der Waals surface area contributed by atoms with E-state index < -0.39 is 4.92 Å². The second-order valence-corrected chi connectivity index (χ2v) is 4.62. The Bertz CT molecular complexity index is 703. The molecule has 0 bridgehead atoms. The van der Waals surface area contributed by atoms with Crippen molar-refractivity contribution in [2.24, 2.45) is 0 Å². The average molecular weight is 287 g/mol. The number of aryl methyl sites for hydroxylation is 1. The van der Waals surface area contributed by atoms with E-state index in [-0.39, 0.29) is 18.3 Å². The van der Waals surface area contributed by atoms with Gasteiger partial charge in [0.05, 0.1) is 4.92 Å². The van der Waals surface area contributed by atoms with Gasteiger partial charge < -0.3 is 14.8 Å². The SMILES string of the molecule is Cc1ccc([N+](=O)[O-])c(NCc2ccc3c(c2)OCO3)n1. The zero-order valence-corrected chi connectivity index (χ0v) is 11.3. The summed E-state index contributed by atoms with van der Waals surface area (Å²) in [7, 11) is 0. The number of fused-ring (bicyclic) bond motifs is 1. The lowest BCUT2D eigenvalue weighted by Crippen LogP contribution is -2.05. The number of nitro groups is 1. The quantitative estimate of drug-likeness (QED) is 0.687. The van der Waals surface area contributed by atoms with Gasteiger partial charge in [-0.05, 0) is 30.7 Å². The molecule has 0 unspecified atom stereocenters. The van der Waals surface area contributed by atoms with Gasteiger partial charge in [0.1, 0.15) is 0 Å². The molecule has 1 aliphatic heterocycles. The Balaban J connectivity index is 1.78. The zero-order valence-electron chi connectivity index (χ0n) is 11.3. The van der Waals surface area contributed by atoms with Gasteiger partial charge in [-0.25, -0.2) is 4.98 Å². The third-order valence-corrected chi connectivity index (χ3v) is 3.11. The predicted molar refractivity (Wildman–Crippen MR) is 75.5 cm³/mol. The third kappa shape index (κ3) is 2.71. The van der Waals surface area contributed by atoms with E-state index in [4.69, 9.17) is 9.47 Å². The molecule has 2 aromatic rings. The first-order valence-corrected chi connectivity index (χ1v) is 6.38. The number of pyridine rings is 1. The Morgan fingerprint density at radius 1 is 1.29 bits per heavy atom. The van der Waals surface area contributed by atoms with Crippen molar-refractivity contribution >= 4 is 11.5 Å². The van der Waals surface area contributed by atoms with Crippen molar-refractivity contribution in [3.05, 3.63) is 51.7 Å². The summed E-state index contributed by atoms with van der Waals surface area (Å²) >= 11 is 0. The molecule has 0 aliphatic carbocycles. The molecule has 3 rings (SSSR count). The fraction of sp³-hybridized carbons (Fsp3) is 0.214. The minimum atomic E-state index is -0.450. The zero-order chi connectivity index (χ0) is 14.8. The molecule has 0 radical (unpaired) electrons. The lowest BCUT2D eigenvalue weighted by Gasteiger charge is -2.07. The van der Waals surface area contributed by atoms with E-state index in [0.717, 1.165) is 5.56 Å². The Labute approximate surface area is 120 Å². The molecule has 1 aromatic heterocycles. The third-order valence-electron chi connectivity index (χ3n) is 3.11. The van der Waals surface area contributed by atoms with Crippen LogP contribution in [0.4, 0.5) is 11.5 Å². The maximum Gasteiger partial charge on any atom is 0.311 e. The summed E-state index contributed by atoms with van der Waals surface area (Å²) in [6.07, 6.45) is 0. The number of benzene rings is 1. The largest absolute Gasteiger partial charge is 0.454 e. The number of anilines is 1. The van der Waals surface area contributed by atoms with Crippen LogP contribution in [0.3, 0.4) is 0 Å². The van der Waals surface area contributed by atoms with Crippen LogP contribution in [0.2, 0.25) is 0 Å². The number of ether oxygens (including phenoxy) is 2. The Morgan fingerprint density at radius 3 is 2.90 bits per heavy atom. The molecule has 1 aromatic carbocycles. The number of hydrogen-bond acceptors (Lipinski definition) is 6. The van der Waals surface area contributed by atoms with Gasteiger partial charge in [-0.15, -0.1) is 0 Å². The standard InChI is InChI=1S/C14H13N3O4/c1-9-2-4-11(17(18)19)14(16-9)15-7-10-3-5-12-13(6-10)21-8-20-12/h2-6H,7-8H2,1H3,(H,15,16). The Morgan fingerprint density at radius 2 is 2.10 bits per heavy atom. The first kappa shape index (κ1) is 13.2. The Kier molecular flexibility index (Phi) is 3.31. The highest BCUT2D eigenvalue weighted by Gasteiger charge is 2.16. The molecule has 108 valence electrons. The number of hydrogen-bond donors (Lipinski definition) is 1. The molecule has 2 heterocycles. The van der Waals surface area contributed by atoms with Crippen molar-refractivity contribution in [1.82, 2.24) is 4.98 Å². The number of nitrogens with zero attached hydrogens (tertiary/aromatic N) is 2. The van der Waals surface area contributed by atoms with Crippen molar-refractivity contribution in [2.45, 2.75) is 13.5 Å². The highest BCUT2D eigenvalue weighted by Crippen LogP contribution is 2.32. The Hall–Kier alpha value is -2.83. The van der Waals surface area contributed by atoms with Gasteiger partial charge in [-0.1, -0.05) is 6.07 Å². The van der Waals surface area contributed by atoms with Crippen LogP contribution in [0.5, 0.6) is 11.5 Å². The van der Waals surface area contributed by atoms with Gasteiger partial charge >= 0.3 is 5.69 Å². The summed E-state index contributed by atoms with van der Waals surface area (Å²) in [4.78, 5) is 14.7. The molecule has 7 heteroatoms. The molecule has 0 spiro atoms. The minimum absolute atomic E-state index is 0.0404. The maximum atomic E-state index is 11.0. The minimum Gasteiger partial charge on any atom is -0.454 e. The molecule has 21 heavy (non-hydrogen) atoms. The normalized spacial score (nSPS) is 12.2. The lowest BCUT2D eigenvalue weighted by molar-refractivity contribution is -0.384. The number of rotatable bonds is 4. The summed E-state index contributed by atoms with van der Waals surface area (Å²) in [6.45, 7) is 2.42. The van der Waals surface area contributed by atoms with Crippen molar-refractivity contribution < 1.29 is 14.4 Å². The molecule has 0 saturated heterocycles. The fourth-order valence-electron chi connectivity index (χ4n) is 2.06.